The van der Waals surface area contributed by atoms with E-state index < -0.39 is 0 Å². The average molecular weight is 337 g/mol. The van der Waals surface area contributed by atoms with E-state index in [0.29, 0.717) is 6.54 Å². The summed E-state index contributed by atoms with van der Waals surface area (Å²) in [5, 5.41) is 4.61. The minimum Gasteiger partial charge on any atom is -0.301 e. The number of thioether (sulfide) groups is 1. The van der Waals surface area contributed by atoms with E-state index in [9.17, 15) is 4.79 Å². The van der Waals surface area contributed by atoms with Crippen molar-refractivity contribution in [2.75, 3.05) is 45.0 Å². The van der Waals surface area contributed by atoms with E-state index in [1.165, 1.54) is 6.54 Å². The fourth-order valence-electron chi connectivity index (χ4n) is 3.36. The largest absolute Gasteiger partial charge is 0.301 e. The Kier molecular flexibility index (Phi) is 5.77. The van der Waals surface area contributed by atoms with Crippen LogP contribution in [-0.4, -0.2) is 64.6 Å². The summed E-state index contributed by atoms with van der Waals surface area (Å²) in [6.07, 6.45) is 0.994. The van der Waals surface area contributed by atoms with E-state index in [0.717, 1.165) is 67.8 Å². The average Bonchev–Trinajstić information content (AvgIpc) is 2.54. The maximum atomic E-state index is 12.2. The van der Waals surface area contributed by atoms with Gasteiger partial charge in [-0.25, -0.2) is 4.68 Å². The van der Waals surface area contributed by atoms with Crippen LogP contribution in [0.1, 0.15) is 25.1 Å². The van der Waals surface area contributed by atoms with Crippen molar-refractivity contribution in [3.8, 4) is 0 Å². The topological polar surface area (TPSA) is 41.4 Å². The number of piperazine rings is 1. The molecule has 0 atom stereocenters. The molecule has 0 aromatic carbocycles. The number of rotatable bonds is 5. The van der Waals surface area contributed by atoms with Crippen LogP contribution in [0.25, 0.3) is 0 Å². The molecular formula is C17H28N4OS. The van der Waals surface area contributed by atoms with Crippen LogP contribution >= 0.6 is 11.8 Å². The van der Waals surface area contributed by atoms with E-state index in [1.54, 1.807) is 10.7 Å². The minimum absolute atomic E-state index is 0.0599. The van der Waals surface area contributed by atoms with Gasteiger partial charge < -0.3 is 4.90 Å². The van der Waals surface area contributed by atoms with Crippen LogP contribution in [0, 0.1) is 5.92 Å². The SMILES string of the molecule is CC(C)CN1CCN(CCn2nc3c(cc2=O)CSCC3)CC1. The first-order valence-corrected chi connectivity index (χ1v) is 9.89. The first kappa shape index (κ1) is 17.0. The van der Waals surface area contributed by atoms with Crippen molar-refractivity contribution in [1.82, 2.24) is 19.6 Å². The molecule has 1 aromatic rings. The van der Waals surface area contributed by atoms with Crippen LogP contribution in [0.3, 0.4) is 0 Å². The van der Waals surface area contributed by atoms with Crippen molar-refractivity contribution in [2.45, 2.75) is 32.6 Å². The van der Waals surface area contributed by atoms with Crippen LogP contribution < -0.4 is 5.56 Å². The van der Waals surface area contributed by atoms with Gasteiger partial charge in [0.15, 0.2) is 0 Å². The van der Waals surface area contributed by atoms with Crippen LogP contribution in [0.4, 0.5) is 0 Å². The number of nitrogens with zero attached hydrogens (tertiary/aromatic N) is 4. The number of aryl methyl sites for hydroxylation is 1. The van der Waals surface area contributed by atoms with E-state index in [1.807, 2.05) is 11.8 Å². The second-order valence-corrected chi connectivity index (χ2v) is 8.12. The molecule has 128 valence electrons. The highest BCUT2D eigenvalue weighted by Gasteiger charge is 2.18. The zero-order chi connectivity index (χ0) is 16.2. The lowest BCUT2D eigenvalue weighted by atomic mass is 10.2. The van der Waals surface area contributed by atoms with Crippen LogP contribution in [0.2, 0.25) is 0 Å². The molecule has 1 saturated heterocycles. The molecule has 3 heterocycles. The highest BCUT2D eigenvalue weighted by molar-refractivity contribution is 7.98. The number of hydrogen-bond acceptors (Lipinski definition) is 5. The Labute approximate surface area is 143 Å². The van der Waals surface area contributed by atoms with Gasteiger partial charge in [0.1, 0.15) is 0 Å². The first-order chi connectivity index (χ1) is 11.1. The molecule has 23 heavy (non-hydrogen) atoms. The molecule has 0 aliphatic carbocycles. The van der Waals surface area contributed by atoms with Gasteiger partial charge in [-0.1, -0.05) is 13.8 Å². The van der Waals surface area contributed by atoms with Crippen molar-refractivity contribution < 1.29 is 0 Å². The molecule has 0 N–H and O–H groups in total. The summed E-state index contributed by atoms with van der Waals surface area (Å²) in [4.78, 5) is 17.2. The molecule has 1 fully saturated rings. The standard InChI is InChI=1S/C17H28N4OS/c1-14(2)12-20-6-4-19(5-7-20)8-9-21-17(22)11-15-13-23-10-3-16(15)18-21/h11,14H,3-10,12-13H2,1-2H3. The van der Waals surface area contributed by atoms with Crippen molar-refractivity contribution in [2.24, 2.45) is 5.92 Å². The Morgan fingerprint density at radius 1 is 1.17 bits per heavy atom. The second kappa shape index (κ2) is 7.81. The van der Waals surface area contributed by atoms with E-state index in [4.69, 9.17) is 0 Å². The number of fused-ring (bicyclic) bond motifs is 1. The minimum atomic E-state index is 0.0599. The molecule has 0 radical (unpaired) electrons. The molecule has 5 nitrogen and oxygen atoms in total. The lowest BCUT2D eigenvalue weighted by Crippen LogP contribution is -2.48. The molecule has 1 aromatic heterocycles. The van der Waals surface area contributed by atoms with Gasteiger partial charge in [-0.05, 0) is 17.2 Å². The Balaban J connectivity index is 1.52. The third-order valence-corrected chi connectivity index (χ3v) is 5.63. The van der Waals surface area contributed by atoms with Crippen LogP contribution in [0.5, 0.6) is 0 Å². The van der Waals surface area contributed by atoms with Gasteiger partial charge >= 0.3 is 0 Å². The molecule has 0 spiro atoms. The normalized spacial score (nSPS) is 20.0. The van der Waals surface area contributed by atoms with Crippen molar-refractivity contribution in [3.05, 3.63) is 27.7 Å². The zero-order valence-corrected chi connectivity index (χ0v) is 15.1. The quantitative estimate of drug-likeness (QED) is 0.811. The molecule has 0 amide bonds. The summed E-state index contributed by atoms with van der Waals surface area (Å²) in [6.45, 7) is 11.9. The molecular weight excluding hydrogens is 308 g/mol. The van der Waals surface area contributed by atoms with Crippen LogP contribution in [0.15, 0.2) is 10.9 Å². The lowest BCUT2D eigenvalue weighted by molar-refractivity contribution is 0.118. The second-order valence-electron chi connectivity index (χ2n) is 7.02. The Bertz CT molecular complexity index is 578. The predicted molar refractivity (Wildman–Crippen MR) is 96.1 cm³/mol. The summed E-state index contributed by atoms with van der Waals surface area (Å²) in [5.41, 5.74) is 2.33. The Morgan fingerprint density at radius 3 is 2.65 bits per heavy atom. The molecule has 0 unspecified atom stereocenters. The van der Waals surface area contributed by atoms with E-state index in [-0.39, 0.29) is 5.56 Å². The van der Waals surface area contributed by atoms with Crippen molar-refractivity contribution >= 4 is 11.8 Å². The van der Waals surface area contributed by atoms with Gasteiger partial charge in [-0.3, -0.25) is 9.69 Å². The van der Waals surface area contributed by atoms with Crippen molar-refractivity contribution in [1.29, 1.82) is 0 Å². The summed E-state index contributed by atoms with van der Waals surface area (Å²) in [7, 11) is 0. The number of aromatic nitrogens is 2. The summed E-state index contributed by atoms with van der Waals surface area (Å²) in [5.74, 6) is 2.80. The lowest BCUT2D eigenvalue weighted by Gasteiger charge is -2.35. The molecule has 0 bridgehead atoms. The van der Waals surface area contributed by atoms with Gasteiger partial charge in [0.25, 0.3) is 5.56 Å². The fourth-order valence-corrected chi connectivity index (χ4v) is 4.31. The Morgan fingerprint density at radius 2 is 1.91 bits per heavy atom. The van der Waals surface area contributed by atoms with Gasteiger partial charge in [0.2, 0.25) is 0 Å². The van der Waals surface area contributed by atoms with E-state index in [2.05, 4.69) is 28.7 Å². The maximum absolute atomic E-state index is 12.2. The zero-order valence-electron chi connectivity index (χ0n) is 14.3. The monoisotopic (exact) mass is 336 g/mol. The number of hydrogen-bond donors (Lipinski definition) is 0. The van der Waals surface area contributed by atoms with Crippen molar-refractivity contribution in [3.63, 3.8) is 0 Å². The third kappa shape index (κ3) is 4.58. The molecule has 3 rings (SSSR count). The van der Waals surface area contributed by atoms with Gasteiger partial charge in [0, 0.05) is 57.5 Å². The molecule has 2 aliphatic heterocycles. The highest BCUT2D eigenvalue weighted by atomic mass is 32.2. The highest BCUT2D eigenvalue weighted by Crippen LogP contribution is 2.21. The van der Waals surface area contributed by atoms with Gasteiger partial charge in [0.05, 0.1) is 12.2 Å². The predicted octanol–water partition coefficient (Wildman–Crippen LogP) is 1.31. The molecule has 0 saturated carbocycles. The molecule has 6 heteroatoms. The van der Waals surface area contributed by atoms with Gasteiger partial charge in [-0.2, -0.15) is 16.9 Å². The van der Waals surface area contributed by atoms with Crippen LogP contribution in [-0.2, 0) is 18.7 Å². The smallest absolute Gasteiger partial charge is 0.267 e. The van der Waals surface area contributed by atoms with E-state index >= 15 is 0 Å². The van der Waals surface area contributed by atoms with Gasteiger partial charge in [-0.15, -0.1) is 0 Å². The summed E-state index contributed by atoms with van der Waals surface area (Å²) in [6, 6.07) is 1.80. The third-order valence-electron chi connectivity index (χ3n) is 4.62. The Hall–Kier alpha value is -0.850. The summed E-state index contributed by atoms with van der Waals surface area (Å²) < 4.78 is 1.68. The first-order valence-electron chi connectivity index (χ1n) is 8.74. The molecule has 2 aliphatic rings. The fraction of sp³-hybridized carbons (Fsp3) is 0.765. The maximum Gasteiger partial charge on any atom is 0.267 e. The summed E-state index contributed by atoms with van der Waals surface area (Å²) >= 11 is 1.89.